The van der Waals surface area contributed by atoms with E-state index in [-0.39, 0.29) is 37.4 Å². The molecule has 0 amide bonds. The van der Waals surface area contributed by atoms with E-state index in [1.165, 1.54) is 11.8 Å². The van der Waals surface area contributed by atoms with Crippen LogP contribution in [-0.2, 0) is 10.5 Å². The zero-order valence-electron chi connectivity index (χ0n) is 18.9. The fourth-order valence-corrected chi connectivity index (χ4v) is 4.55. The highest BCUT2D eigenvalue weighted by Gasteiger charge is 2.32. The predicted molar refractivity (Wildman–Crippen MR) is 127 cm³/mol. The number of hydrogen-bond acceptors (Lipinski definition) is 8. The van der Waals surface area contributed by atoms with E-state index in [2.05, 4.69) is 26.8 Å². The van der Waals surface area contributed by atoms with Gasteiger partial charge in [-0.1, -0.05) is 18.2 Å². The summed E-state index contributed by atoms with van der Waals surface area (Å²) in [4.78, 5) is 10.4. The Bertz CT molecular complexity index is 1270. The fraction of sp³-hybridized carbons (Fsp3) is 0.280. The minimum Gasteiger partial charge on any atom is -0.491 e. The molecule has 0 aliphatic carbocycles. The van der Waals surface area contributed by atoms with Gasteiger partial charge in [-0.05, 0) is 29.3 Å². The second-order valence-electron chi connectivity index (χ2n) is 7.75. The number of benzene rings is 1. The van der Waals surface area contributed by atoms with Crippen LogP contribution >= 0.6 is 11.8 Å². The molecule has 3 heterocycles. The highest BCUT2D eigenvalue weighted by Crippen LogP contribution is 2.40. The number of nitriles is 2. The average Bonchev–Trinajstić information content (AvgIpc) is 2.88. The smallest absolute Gasteiger partial charge is 0.345 e. The van der Waals surface area contributed by atoms with Gasteiger partial charge in [0.2, 0.25) is 0 Å². The van der Waals surface area contributed by atoms with Crippen molar-refractivity contribution in [1.29, 1.82) is 10.5 Å². The summed E-state index contributed by atoms with van der Waals surface area (Å²) in [7, 11) is 0. The number of anilines is 1. The molecule has 36 heavy (non-hydrogen) atoms. The molecule has 184 valence electrons. The molecule has 2 aromatic heterocycles. The highest BCUT2D eigenvalue weighted by atomic mass is 32.2. The lowest BCUT2D eigenvalue weighted by molar-refractivity contribution is -0.133. The summed E-state index contributed by atoms with van der Waals surface area (Å²) >= 11 is 1.34. The summed E-state index contributed by atoms with van der Waals surface area (Å²) in [6, 6.07) is 14.6. The van der Waals surface area contributed by atoms with Gasteiger partial charge in [0.25, 0.3) is 0 Å². The number of halogens is 3. The van der Waals surface area contributed by atoms with Crippen molar-refractivity contribution in [2.45, 2.75) is 23.6 Å². The summed E-state index contributed by atoms with van der Waals surface area (Å²) in [5, 5.41) is 20.5. The van der Waals surface area contributed by atoms with Gasteiger partial charge in [-0.2, -0.15) is 19.3 Å². The summed E-state index contributed by atoms with van der Waals surface area (Å²) in [6.07, 6.45) is 2.38. The molecule has 0 atom stereocenters. The highest BCUT2D eigenvalue weighted by molar-refractivity contribution is 7.98. The first-order chi connectivity index (χ1) is 17.5. The van der Waals surface area contributed by atoms with Crippen molar-refractivity contribution >= 4 is 17.6 Å². The Balaban J connectivity index is 1.69. The molecule has 4 rings (SSSR count). The van der Waals surface area contributed by atoms with Gasteiger partial charge in [-0.3, -0.25) is 4.98 Å². The maximum atomic E-state index is 13.7. The Morgan fingerprint density at radius 3 is 2.44 bits per heavy atom. The Morgan fingerprint density at radius 1 is 1.08 bits per heavy atom. The molecule has 0 spiro atoms. The standard InChI is InChI=1S/C25H20F3N5O2S/c26-18-13-33(14-18)23-20(10-29)22(17-3-5-19(6-4-17)34-8-9-35-25(27)28)21(11-30)24(32-23)36-15-16-2-1-7-31-12-16/h1-7,12,18,25H,8-9,13-15H2. The van der Waals surface area contributed by atoms with E-state index >= 15 is 0 Å². The van der Waals surface area contributed by atoms with E-state index in [1.807, 2.05) is 12.1 Å². The largest absolute Gasteiger partial charge is 0.491 e. The Kier molecular flexibility index (Phi) is 8.26. The zero-order valence-corrected chi connectivity index (χ0v) is 19.7. The SMILES string of the molecule is N#Cc1c(SCc2cccnc2)nc(N2CC(F)C2)c(C#N)c1-c1ccc(OCCOC(F)F)cc1. The molecule has 7 nitrogen and oxygen atoms in total. The van der Waals surface area contributed by atoms with Gasteiger partial charge in [-0.15, -0.1) is 11.8 Å². The number of pyridine rings is 2. The molecule has 1 aromatic carbocycles. The summed E-state index contributed by atoms with van der Waals surface area (Å²) in [5.41, 5.74) is 2.33. The summed E-state index contributed by atoms with van der Waals surface area (Å²) in [6.45, 7) is -2.96. The Morgan fingerprint density at radius 2 is 1.83 bits per heavy atom. The van der Waals surface area contributed by atoms with E-state index in [0.29, 0.717) is 33.5 Å². The van der Waals surface area contributed by atoms with Crippen LogP contribution in [0.3, 0.4) is 0 Å². The quantitative estimate of drug-likeness (QED) is 0.279. The van der Waals surface area contributed by atoms with Crippen LogP contribution in [0.15, 0.2) is 53.8 Å². The van der Waals surface area contributed by atoms with Gasteiger partial charge in [-0.25, -0.2) is 9.37 Å². The van der Waals surface area contributed by atoms with E-state index in [9.17, 15) is 23.7 Å². The lowest BCUT2D eigenvalue weighted by atomic mass is 9.95. The minimum atomic E-state index is -2.87. The van der Waals surface area contributed by atoms with Crippen molar-refractivity contribution in [3.63, 3.8) is 0 Å². The monoisotopic (exact) mass is 511 g/mol. The number of thioether (sulfide) groups is 1. The van der Waals surface area contributed by atoms with Crippen molar-refractivity contribution in [3.05, 3.63) is 65.5 Å². The predicted octanol–water partition coefficient (Wildman–Crippen LogP) is 4.96. The van der Waals surface area contributed by atoms with Crippen molar-refractivity contribution in [3.8, 4) is 29.0 Å². The third-order valence-corrected chi connectivity index (χ3v) is 6.39. The minimum absolute atomic E-state index is 0.0650. The molecule has 1 fully saturated rings. The van der Waals surface area contributed by atoms with Crippen LogP contribution in [-0.4, -0.2) is 49.1 Å². The molecule has 1 aliphatic rings. The Hall–Kier alpha value is -3.80. The molecule has 0 bridgehead atoms. The number of nitrogens with zero attached hydrogens (tertiary/aromatic N) is 5. The zero-order chi connectivity index (χ0) is 25.5. The molecule has 0 N–H and O–H groups in total. The van der Waals surface area contributed by atoms with Crippen molar-refractivity contribution in [2.75, 3.05) is 31.2 Å². The first kappa shape index (κ1) is 25.3. The summed E-state index contributed by atoms with van der Waals surface area (Å²) in [5.74, 6) is 1.25. The molecule has 1 saturated heterocycles. The van der Waals surface area contributed by atoms with Gasteiger partial charge < -0.3 is 14.4 Å². The lowest BCUT2D eigenvalue weighted by Gasteiger charge is -2.36. The van der Waals surface area contributed by atoms with E-state index in [4.69, 9.17) is 4.74 Å². The molecule has 3 aromatic rings. The molecular weight excluding hydrogens is 491 g/mol. The van der Waals surface area contributed by atoms with Crippen LogP contribution < -0.4 is 9.64 Å². The van der Waals surface area contributed by atoms with Gasteiger partial charge in [0.15, 0.2) is 0 Å². The van der Waals surface area contributed by atoms with Gasteiger partial charge in [0, 0.05) is 23.7 Å². The molecule has 11 heteroatoms. The van der Waals surface area contributed by atoms with Crippen molar-refractivity contribution < 1.29 is 22.6 Å². The van der Waals surface area contributed by atoms with Crippen molar-refractivity contribution in [2.24, 2.45) is 0 Å². The van der Waals surface area contributed by atoms with Crippen LogP contribution in [0, 0.1) is 22.7 Å². The van der Waals surface area contributed by atoms with Crippen LogP contribution in [0.4, 0.5) is 19.0 Å². The molecular formula is C25H20F3N5O2S. The second kappa shape index (κ2) is 11.8. The van der Waals surface area contributed by atoms with Gasteiger partial charge >= 0.3 is 6.61 Å². The van der Waals surface area contributed by atoms with Gasteiger partial charge in [0.1, 0.15) is 47.1 Å². The average molecular weight is 512 g/mol. The normalized spacial score (nSPS) is 13.2. The van der Waals surface area contributed by atoms with Gasteiger partial charge in [0.05, 0.1) is 25.3 Å². The van der Waals surface area contributed by atoms with Crippen LogP contribution in [0.5, 0.6) is 5.75 Å². The first-order valence-electron chi connectivity index (χ1n) is 10.9. The third-order valence-electron chi connectivity index (χ3n) is 5.34. The van der Waals surface area contributed by atoms with Crippen LogP contribution in [0.25, 0.3) is 11.1 Å². The van der Waals surface area contributed by atoms with Crippen LogP contribution in [0.1, 0.15) is 16.7 Å². The number of hydrogen-bond donors (Lipinski definition) is 0. The molecule has 0 unspecified atom stereocenters. The number of aromatic nitrogens is 2. The number of alkyl halides is 3. The van der Waals surface area contributed by atoms with E-state index in [1.54, 1.807) is 41.6 Å². The maximum Gasteiger partial charge on any atom is 0.345 e. The Labute approximate surface area is 210 Å². The lowest BCUT2D eigenvalue weighted by Crippen LogP contribution is -2.49. The topological polar surface area (TPSA) is 95.1 Å². The maximum absolute atomic E-state index is 13.7. The fourth-order valence-electron chi connectivity index (χ4n) is 3.63. The third kappa shape index (κ3) is 5.88. The molecule has 1 aliphatic heterocycles. The number of ether oxygens (including phenoxy) is 2. The van der Waals surface area contributed by atoms with E-state index < -0.39 is 12.8 Å². The second-order valence-corrected chi connectivity index (χ2v) is 8.71. The number of rotatable bonds is 10. The van der Waals surface area contributed by atoms with Crippen molar-refractivity contribution in [1.82, 2.24) is 9.97 Å². The summed E-state index contributed by atoms with van der Waals surface area (Å²) < 4.78 is 47.5. The van der Waals surface area contributed by atoms with E-state index in [0.717, 1.165) is 5.56 Å². The first-order valence-corrected chi connectivity index (χ1v) is 11.9. The molecule has 0 saturated carbocycles. The van der Waals surface area contributed by atoms with Crippen LogP contribution in [0.2, 0.25) is 0 Å². The molecule has 0 radical (unpaired) electrons.